The highest BCUT2D eigenvalue weighted by Gasteiger charge is 2.41. The van der Waals surface area contributed by atoms with Gasteiger partial charge in [0.15, 0.2) is 0 Å². The number of hydrogen-bond acceptors (Lipinski definition) is 0. The van der Waals surface area contributed by atoms with Gasteiger partial charge < -0.3 is 0 Å². The molecule has 0 aliphatic heterocycles. The molecule has 0 radical (unpaired) electrons. The van der Waals surface area contributed by atoms with Gasteiger partial charge in [-0.1, -0.05) is 48.1 Å². The highest BCUT2D eigenvalue weighted by atomic mass is 14.5. The summed E-state index contributed by atoms with van der Waals surface area (Å²) in [5.74, 6) is 0. The number of allylic oxidation sites excluding steroid dienone is 3. The third-order valence-electron chi connectivity index (χ3n) is 2.29. The van der Waals surface area contributed by atoms with Gasteiger partial charge >= 0.3 is 0 Å². The lowest BCUT2D eigenvalue weighted by Gasteiger charge is -2.15. The van der Waals surface area contributed by atoms with E-state index in [-0.39, 0.29) is 0 Å². The molecule has 1 aliphatic carbocycles. The van der Waals surface area contributed by atoms with Crippen molar-refractivity contribution in [1.29, 1.82) is 0 Å². The van der Waals surface area contributed by atoms with Gasteiger partial charge in [0.05, 0.1) is 0 Å². The molecule has 0 aromatic heterocycles. The van der Waals surface area contributed by atoms with Gasteiger partial charge in [-0.3, -0.25) is 0 Å². The Kier molecular flexibility index (Phi) is 1.79. The van der Waals surface area contributed by atoms with Crippen LogP contribution in [0.1, 0.15) is 41.5 Å². The molecule has 0 amide bonds. The Morgan fingerprint density at radius 1 is 0.750 bits per heavy atom. The van der Waals surface area contributed by atoms with Crippen molar-refractivity contribution in [1.82, 2.24) is 0 Å². The van der Waals surface area contributed by atoms with E-state index in [4.69, 9.17) is 0 Å². The quantitative estimate of drug-likeness (QED) is 0.508. The minimum atomic E-state index is 0.291. The van der Waals surface area contributed by atoms with Gasteiger partial charge in [0.2, 0.25) is 0 Å². The Balaban J connectivity index is 2.98. The van der Waals surface area contributed by atoms with Gasteiger partial charge in [0, 0.05) is 0 Å². The highest BCUT2D eigenvalue weighted by Crippen LogP contribution is 2.55. The second-order valence-corrected chi connectivity index (χ2v) is 5.73. The number of rotatable bonds is 0. The Hall–Kier alpha value is -0.520. The Labute approximate surface area is 76.4 Å². The smallest absolute Gasteiger partial charge is 0.0123 e. The fraction of sp³-hybridized carbons (Fsp3) is 0.667. The van der Waals surface area contributed by atoms with Gasteiger partial charge in [-0.15, -0.1) is 0 Å². The van der Waals surface area contributed by atoms with E-state index < -0.39 is 0 Å². The predicted molar refractivity (Wildman–Crippen MR) is 55.1 cm³/mol. The van der Waals surface area contributed by atoms with E-state index in [0.29, 0.717) is 10.8 Å². The lowest BCUT2D eigenvalue weighted by atomic mass is 9.89. The largest absolute Gasteiger partial charge is 0.0911 e. The van der Waals surface area contributed by atoms with Gasteiger partial charge in [0.1, 0.15) is 0 Å². The van der Waals surface area contributed by atoms with Crippen molar-refractivity contribution in [3.8, 4) is 0 Å². The monoisotopic (exact) mass is 164 g/mol. The first kappa shape index (κ1) is 9.57. The highest BCUT2D eigenvalue weighted by molar-refractivity contribution is 5.69. The van der Waals surface area contributed by atoms with E-state index in [1.165, 1.54) is 16.7 Å². The molecule has 0 aromatic carbocycles. The molecule has 1 rings (SSSR count). The summed E-state index contributed by atoms with van der Waals surface area (Å²) in [6.45, 7) is 17.6. The zero-order valence-electron chi connectivity index (χ0n) is 9.21. The molecule has 0 unspecified atom stereocenters. The Bertz CT molecular complexity index is 225. The van der Waals surface area contributed by atoms with Gasteiger partial charge in [-0.25, -0.2) is 0 Å². The lowest BCUT2D eigenvalue weighted by Crippen LogP contribution is -2.04. The maximum atomic E-state index is 4.09. The Morgan fingerprint density at radius 3 is 1.08 bits per heavy atom. The van der Waals surface area contributed by atoms with Crippen LogP contribution in [0.2, 0.25) is 0 Å². The van der Waals surface area contributed by atoms with E-state index in [9.17, 15) is 0 Å². The maximum absolute atomic E-state index is 4.09. The van der Waals surface area contributed by atoms with Crippen LogP contribution < -0.4 is 0 Å². The van der Waals surface area contributed by atoms with E-state index >= 15 is 0 Å². The van der Waals surface area contributed by atoms with E-state index in [2.05, 4.69) is 48.1 Å². The SMILES string of the molecule is C=C1C(C(C)(C)C)=C1C(C)(C)C. The molecule has 0 heterocycles. The van der Waals surface area contributed by atoms with Crippen LogP contribution in [0.25, 0.3) is 0 Å². The van der Waals surface area contributed by atoms with Crippen LogP contribution in [-0.4, -0.2) is 0 Å². The molecule has 12 heavy (non-hydrogen) atoms. The lowest BCUT2D eigenvalue weighted by molar-refractivity contribution is 0.502. The summed E-state index contributed by atoms with van der Waals surface area (Å²) >= 11 is 0. The molecule has 0 aromatic rings. The summed E-state index contributed by atoms with van der Waals surface area (Å²) in [5.41, 5.74) is 4.87. The zero-order valence-corrected chi connectivity index (χ0v) is 9.21. The third kappa shape index (κ3) is 1.48. The van der Waals surface area contributed by atoms with Gasteiger partial charge in [-0.05, 0) is 27.5 Å². The van der Waals surface area contributed by atoms with Gasteiger partial charge in [-0.2, -0.15) is 0 Å². The molecule has 0 fully saturated rings. The molecule has 0 bridgehead atoms. The predicted octanol–water partition coefficient (Wildman–Crippen LogP) is 3.95. The van der Waals surface area contributed by atoms with Crippen LogP contribution >= 0.6 is 0 Å². The van der Waals surface area contributed by atoms with Crippen LogP contribution in [0.5, 0.6) is 0 Å². The van der Waals surface area contributed by atoms with Crippen molar-refractivity contribution in [2.75, 3.05) is 0 Å². The van der Waals surface area contributed by atoms with Crippen molar-refractivity contribution < 1.29 is 0 Å². The summed E-state index contributed by atoms with van der Waals surface area (Å²) in [4.78, 5) is 0. The van der Waals surface area contributed by atoms with Crippen molar-refractivity contribution in [3.05, 3.63) is 23.3 Å². The third-order valence-corrected chi connectivity index (χ3v) is 2.29. The summed E-state index contributed by atoms with van der Waals surface area (Å²) in [6.07, 6.45) is 0. The fourth-order valence-electron chi connectivity index (χ4n) is 1.88. The molecular formula is C12H20. The summed E-state index contributed by atoms with van der Waals surface area (Å²) in [6, 6.07) is 0. The molecular weight excluding hydrogens is 144 g/mol. The molecule has 0 spiro atoms. The second kappa shape index (κ2) is 2.25. The van der Waals surface area contributed by atoms with E-state index in [1.54, 1.807) is 0 Å². The van der Waals surface area contributed by atoms with Crippen LogP contribution in [-0.2, 0) is 0 Å². The average Bonchev–Trinajstić information content (AvgIpc) is 2.35. The molecule has 0 saturated heterocycles. The molecule has 0 N–H and O–H groups in total. The normalized spacial score (nSPS) is 18.7. The first-order valence-corrected chi connectivity index (χ1v) is 4.60. The van der Waals surface area contributed by atoms with E-state index in [0.717, 1.165) is 0 Å². The first-order valence-electron chi connectivity index (χ1n) is 4.60. The van der Waals surface area contributed by atoms with E-state index in [1.807, 2.05) is 0 Å². The number of hydrogen-bond donors (Lipinski definition) is 0. The van der Waals surface area contributed by atoms with Crippen LogP contribution in [0.15, 0.2) is 23.3 Å². The summed E-state index contributed by atoms with van der Waals surface area (Å²) in [5, 5.41) is 0. The zero-order chi connectivity index (χ0) is 9.73. The van der Waals surface area contributed by atoms with Crippen molar-refractivity contribution in [2.24, 2.45) is 10.8 Å². The summed E-state index contributed by atoms with van der Waals surface area (Å²) < 4.78 is 0. The van der Waals surface area contributed by atoms with Gasteiger partial charge in [0.25, 0.3) is 0 Å². The van der Waals surface area contributed by atoms with Crippen LogP contribution in [0.3, 0.4) is 0 Å². The van der Waals surface area contributed by atoms with Crippen LogP contribution in [0, 0.1) is 10.8 Å². The Morgan fingerprint density at radius 2 is 1.00 bits per heavy atom. The minimum Gasteiger partial charge on any atom is -0.0911 e. The molecule has 0 nitrogen and oxygen atoms in total. The van der Waals surface area contributed by atoms with Crippen molar-refractivity contribution in [3.63, 3.8) is 0 Å². The molecule has 0 saturated carbocycles. The fourth-order valence-corrected chi connectivity index (χ4v) is 1.88. The maximum Gasteiger partial charge on any atom is -0.0123 e. The molecule has 1 aliphatic rings. The topological polar surface area (TPSA) is 0 Å². The van der Waals surface area contributed by atoms with Crippen molar-refractivity contribution >= 4 is 0 Å². The standard InChI is InChI=1S/C12H20/c1-8-9(11(2,3)4)10(8)12(5,6)7/h1H2,2-7H3. The molecule has 0 atom stereocenters. The first-order chi connectivity index (χ1) is 5.15. The summed E-state index contributed by atoms with van der Waals surface area (Å²) in [7, 11) is 0. The van der Waals surface area contributed by atoms with Crippen LogP contribution in [0.4, 0.5) is 0 Å². The molecule has 68 valence electrons. The second-order valence-electron chi connectivity index (χ2n) is 5.73. The minimum absolute atomic E-state index is 0.291. The van der Waals surface area contributed by atoms with Crippen molar-refractivity contribution in [2.45, 2.75) is 41.5 Å². The average molecular weight is 164 g/mol. The molecule has 0 heteroatoms.